The normalized spacial score (nSPS) is 11.2. The van der Waals surface area contributed by atoms with E-state index < -0.39 is 22.5 Å². The molecule has 0 aromatic heterocycles. The molecule has 3 aromatic carbocycles. The highest BCUT2D eigenvalue weighted by Gasteiger charge is 2.27. The fourth-order valence-corrected chi connectivity index (χ4v) is 3.99. The first-order chi connectivity index (χ1) is 12.0. The molecule has 0 saturated carbocycles. The fourth-order valence-electron chi connectivity index (χ4n) is 2.55. The van der Waals surface area contributed by atoms with E-state index in [0.29, 0.717) is 5.69 Å². The van der Waals surface area contributed by atoms with Gasteiger partial charge in [0.05, 0.1) is 17.7 Å². The summed E-state index contributed by atoms with van der Waals surface area (Å²) in [5.41, 5.74) is 0.404. The van der Waals surface area contributed by atoms with Crippen molar-refractivity contribution in [3.63, 3.8) is 0 Å². The van der Waals surface area contributed by atoms with E-state index in [0.717, 1.165) is 15.1 Å². The van der Waals surface area contributed by atoms with Crippen molar-refractivity contribution in [1.82, 2.24) is 0 Å². The van der Waals surface area contributed by atoms with E-state index in [4.69, 9.17) is 0 Å². The molecular weight excluding hydrogens is 338 g/mol. The van der Waals surface area contributed by atoms with Crippen LogP contribution in [0.3, 0.4) is 0 Å². The smallest absolute Gasteiger partial charge is 0.326 e. The van der Waals surface area contributed by atoms with Gasteiger partial charge in [0.15, 0.2) is 0 Å². The van der Waals surface area contributed by atoms with Crippen molar-refractivity contribution in [3.8, 4) is 0 Å². The Morgan fingerprint density at radius 2 is 1.56 bits per heavy atom. The summed E-state index contributed by atoms with van der Waals surface area (Å²) in [5.74, 6) is -0.631. The van der Waals surface area contributed by atoms with Crippen LogP contribution in [0.2, 0.25) is 0 Å². The Labute approximate surface area is 146 Å². The SMILES string of the molecule is COC(=O)CN(c1ccccc1)S(=O)(=O)c1ccc2ccccc2c1. The average molecular weight is 355 g/mol. The summed E-state index contributed by atoms with van der Waals surface area (Å²) in [5, 5.41) is 1.76. The van der Waals surface area contributed by atoms with Gasteiger partial charge in [-0.3, -0.25) is 9.10 Å². The molecule has 0 bridgehead atoms. The van der Waals surface area contributed by atoms with E-state index in [2.05, 4.69) is 4.74 Å². The van der Waals surface area contributed by atoms with E-state index >= 15 is 0 Å². The number of hydrogen-bond donors (Lipinski definition) is 0. The standard InChI is InChI=1S/C19H17NO4S/c1-24-19(21)14-20(17-9-3-2-4-10-17)25(22,23)18-12-11-15-7-5-6-8-16(15)13-18/h2-13H,14H2,1H3. The van der Waals surface area contributed by atoms with Crippen LogP contribution in [0.5, 0.6) is 0 Å². The van der Waals surface area contributed by atoms with Gasteiger partial charge in [0.1, 0.15) is 6.54 Å². The maximum absolute atomic E-state index is 13.1. The predicted molar refractivity (Wildman–Crippen MR) is 96.9 cm³/mol. The van der Waals surface area contributed by atoms with Crippen molar-refractivity contribution in [3.05, 3.63) is 72.8 Å². The maximum Gasteiger partial charge on any atom is 0.326 e. The van der Waals surface area contributed by atoms with Gasteiger partial charge in [0.25, 0.3) is 10.0 Å². The molecule has 0 atom stereocenters. The Bertz CT molecular complexity index is 1000. The lowest BCUT2D eigenvalue weighted by molar-refractivity contribution is -0.138. The van der Waals surface area contributed by atoms with Crippen molar-refractivity contribution in [2.45, 2.75) is 4.90 Å². The summed E-state index contributed by atoms with van der Waals surface area (Å²) >= 11 is 0. The summed E-state index contributed by atoms with van der Waals surface area (Å²) in [7, 11) is -2.69. The Morgan fingerprint density at radius 3 is 2.24 bits per heavy atom. The molecule has 0 aliphatic rings. The molecule has 5 nitrogen and oxygen atoms in total. The summed E-state index contributed by atoms with van der Waals surface area (Å²) < 4.78 is 32.0. The zero-order chi connectivity index (χ0) is 17.9. The Balaban J connectivity index is 2.10. The van der Waals surface area contributed by atoms with Crippen LogP contribution in [0.15, 0.2) is 77.7 Å². The number of nitrogens with zero attached hydrogens (tertiary/aromatic N) is 1. The van der Waals surface area contributed by atoms with Gasteiger partial charge in [0.2, 0.25) is 0 Å². The van der Waals surface area contributed by atoms with Crippen LogP contribution in [0, 0.1) is 0 Å². The summed E-state index contributed by atoms with van der Waals surface area (Å²) in [4.78, 5) is 11.9. The van der Waals surface area contributed by atoms with Gasteiger partial charge in [-0.1, -0.05) is 48.5 Å². The highest BCUT2D eigenvalue weighted by atomic mass is 32.2. The maximum atomic E-state index is 13.1. The Kier molecular flexibility index (Phi) is 4.72. The molecular formula is C19H17NO4S. The monoisotopic (exact) mass is 355 g/mol. The van der Waals surface area contributed by atoms with Gasteiger partial charge in [-0.25, -0.2) is 8.42 Å². The molecule has 0 fully saturated rings. The third-order valence-electron chi connectivity index (χ3n) is 3.85. The number of rotatable bonds is 5. The summed E-state index contributed by atoms with van der Waals surface area (Å²) in [6.45, 7) is -0.393. The molecule has 0 N–H and O–H groups in total. The molecule has 0 aliphatic carbocycles. The number of carbonyl (C=O) groups excluding carboxylic acids is 1. The largest absolute Gasteiger partial charge is 0.468 e. The second-order valence-electron chi connectivity index (χ2n) is 5.43. The number of para-hydroxylation sites is 1. The average Bonchev–Trinajstić information content (AvgIpc) is 2.66. The number of methoxy groups -OCH3 is 1. The molecule has 3 rings (SSSR count). The first kappa shape index (κ1) is 17.0. The van der Waals surface area contributed by atoms with Crippen LogP contribution in [0.25, 0.3) is 10.8 Å². The van der Waals surface area contributed by atoms with Crippen molar-refractivity contribution in [1.29, 1.82) is 0 Å². The van der Waals surface area contributed by atoms with Gasteiger partial charge in [-0.05, 0) is 35.0 Å². The lowest BCUT2D eigenvalue weighted by atomic mass is 10.1. The highest BCUT2D eigenvalue weighted by molar-refractivity contribution is 7.92. The first-order valence-electron chi connectivity index (χ1n) is 7.66. The lowest BCUT2D eigenvalue weighted by Gasteiger charge is -2.23. The third-order valence-corrected chi connectivity index (χ3v) is 5.62. The lowest BCUT2D eigenvalue weighted by Crippen LogP contribution is -2.36. The molecule has 0 amide bonds. The van der Waals surface area contributed by atoms with Gasteiger partial charge in [0, 0.05) is 0 Å². The molecule has 0 spiro atoms. The molecule has 25 heavy (non-hydrogen) atoms. The summed E-state index contributed by atoms with van der Waals surface area (Å²) in [6.07, 6.45) is 0. The van der Waals surface area contributed by atoms with Crippen LogP contribution >= 0.6 is 0 Å². The predicted octanol–water partition coefficient (Wildman–Crippen LogP) is 3.21. The molecule has 128 valence electrons. The minimum absolute atomic E-state index is 0.124. The molecule has 0 unspecified atom stereocenters. The molecule has 0 aliphatic heterocycles. The number of fused-ring (bicyclic) bond motifs is 1. The topological polar surface area (TPSA) is 63.7 Å². The zero-order valence-electron chi connectivity index (χ0n) is 13.6. The minimum atomic E-state index is -3.92. The second-order valence-corrected chi connectivity index (χ2v) is 7.29. The van der Waals surface area contributed by atoms with Gasteiger partial charge < -0.3 is 4.74 Å². The van der Waals surface area contributed by atoms with Crippen molar-refractivity contribution >= 4 is 32.5 Å². The van der Waals surface area contributed by atoms with Crippen LogP contribution in [-0.4, -0.2) is 28.0 Å². The number of anilines is 1. The van der Waals surface area contributed by atoms with E-state index in [1.54, 1.807) is 48.5 Å². The van der Waals surface area contributed by atoms with Crippen LogP contribution in [0.4, 0.5) is 5.69 Å². The third kappa shape index (κ3) is 3.49. The molecule has 0 heterocycles. The Morgan fingerprint density at radius 1 is 0.920 bits per heavy atom. The van der Waals surface area contributed by atoms with Gasteiger partial charge in [-0.2, -0.15) is 0 Å². The van der Waals surface area contributed by atoms with E-state index in [9.17, 15) is 13.2 Å². The molecule has 3 aromatic rings. The van der Waals surface area contributed by atoms with Crippen molar-refractivity contribution < 1.29 is 17.9 Å². The quantitative estimate of drug-likeness (QED) is 0.659. The van der Waals surface area contributed by atoms with E-state index in [-0.39, 0.29) is 4.90 Å². The number of ether oxygens (including phenoxy) is 1. The molecule has 0 radical (unpaired) electrons. The molecule has 0 saturated heterocycles. The molecule has 6 heteroatoms. The van der Waals surface area contributed by atoms with E-state index in [1.807, 2.05) is 24.3 Å². The number of esters is 1. The summed E-state index contributed by atoms with van der Waals surface area (Å²) in [6, 6.07) is 20.9. The van der Waals surface area contributed by atoms with E-state index in [1.165, 1.54) is 7.11 Å². The zero-order valence-corrected chi connectivity index (χ0v) is 14.4. The number of benzene rings is 3. The van der Waals surface area contributed by atoms with Crippen LogP contribution in [-0.2, 0) is 19.6 Å². The van der Waals surface area contributed by atoms with Gasteiger partial charge in [-0.15, -0.1) is 0 Å². The Hall–Kier alpha value is -2.86. The highest BCUT2D eigenvalue weighted by Crippen LogP contribution is 2.26. The number of carbonyl (C=O) groups is 1. The van der Waals surface area contributed by atoms with Crippen molar-refractivity contribution in [2.75, 3.05) is 18.0 Å². The first-order valence-corrected chi connectivity index (χ1v) is 9.10. The minimum Gasteiger partial charge on any atom is -0.468 e. The van der Waals surface area contributed by atoms with Gasteiger partial charge >= 0.3 is 5.97 Å². The fraction of sp³-hybridized carbons (Fsp3) is 0.105. The van der Waals surface area contributed by atoms with Crippen LogP contribution < -0.4 is 4.31 Å². The second kappa shape index (κ2) is 6.94. The van der Waals surface area contributed by atoms with Crippen LogP contribution in [0.1, 0.15) is 0 Å². The number of hydrogen-bond acceptors (Lipinski definition) is 4. The van der Waals surface area contributed by atoms with Crippen molar-refractivity contribution in [2.24, 2.45) is 0 Å². The number of sulfonamides is 1.